The maximum atomic E-state index is 12.3. The Morgan fingerprint density at radius 2 is 2.09 bits per heavy atom. The Hall–Kier alpha value is -2.15. The minimum Gasteiger partial charge on any atom is -0.467 e. The molecule has 3 aliphatic heterocycles. The molecule has 1 aromatic carbocycles. The minimum atomic E-state index is -1.02. The molecule has 1 aliphatic carbocycles. The molecule has 6 heteroatoms. The summed E-state index contributed by atoms with van der Waals surface area (Å²) in [6.45, 7) is 0.110. The van der Waals surface area contributed by atoms with E-state index in [1.165, 1.54) is 0 Å². The molecule has 5 rings (SSSR count). The third-order valence-corrected chi connectivity index (χ3v) is 4.38. The van der Waals surface area contributed by atoms with Crippen molar-refractivity contribution in [3.8, 4) is 5.75 Å². The number of hydrogen-bond acceptors (Lipinski definition) is 6. The summed E-state index contributed by atoms with van der Waals surface area (Å²) in [5.41, 5.74) is 7.30. The summed E-state index contributed by atoms with van der Waals surface area (Å²) in [5.74, 6) is -0.651. The number of allylic oxidation sites excluding steroid dienone is 2. The van der Waals surface area contributed by atoms with E-state index in [1.807, 2.05) is 6.08 Å². The van der Waals surface area contributed by atoms with Gasteiger partial charge < -0.3 is 24.7 Å². The van der Waals surface area contributed by atoms with Crippen LogP contribution < -0.4 is 10.5 Å². The minimum absolute atomic E-state index is 0.0284. The number of hydrogen-bond donors (Lipinski definition) is 1. The van der Waals surface area contributed by atoms with Gasteiger partial charge in [0.05, 0.1) is 0 Å². The monoisotopic (exact) mass is 315 g/mol. The van der Waals surface area contributed by atoms with Crippen molar-refractivity contribution < 1.29 is 23.7 Å². The molecule has 6 nitrogen and oxygen atoms in total. The first kappa shape index (κ1) is 14.4. The smallest absolute Gasteiger partial charge is 0.222 e. The van der Waals surface area contributed by atoms with Gasteiger partial charge >= 0.3 is 0 Å². The van der Waals surface area contributed by atoms with E-state index in [-0.39, 0.29) is 31.4 Å². The highest BCUT2D eigenvalue weighted by atomic mass is 16.8. The van der Waals surface area contributed by atoms with Crippen molar-refractivity contribution in [2.24, 2.45) is 11.7 Å². The number of ketones is 1. The molecule has 0 saturated carbocycles. The van der Waals surface area contributed by atoms with Crippen LogP contribution in [0.1, 0.15) is 16.8 Å². The zero-order valence-corrected chi connectivity index (χ0v) is 12.4. The van der Waals surface area contributed by atoms with Crippen LogP contribution in [0.3, 0.4) is 0 Å². The van der Waals surface area contributed by atoms with Gasteiger partial charge in [-0.2, -0.15) is 0 Å². The fraction of sp³-hybridized carbons (Fsp3) is 0.353. The predicted octanol–water partition coefficient (Wildman–Crippen LogP) is 1.72. The third kappa shape index (κ3) is 2.55. The molecule has 23 heavy (non-hydrogen) atoms. The van der Waals surface area contributed by atoms with E-state index in [9.17, 15) is 4.79 Å². The molecular formula is C17H17NO5. The van der Waals surface area contributed by atoms with E-state index in [1.54, 1.807) is 36.4 Å². The summed E-state index contributed by atoms with van der Waals surface area (Å²) in [5, 5.41) is 0. The van der Waals surface area contributed by atoms with Gasteiger partial charge in [0.2, 0.25) is 5.79 Å². The van der Waals surface area contributed by atoms with Crippen molar-refractivity contribution in [1.82, 2.24) is 0 Å². The lowest BCUT2D eigenvalue weighted by Gasteiger charge is -2.35. The molecule has 0 amide bonds. The summed E-state index contributed by atoms with van der Waals surface area (Å²) in [4.78, 5) is 12.3. The number of rotatable bonds is 0. The van der Waals surface area contributed by atoms with Crippen LogP contribution in [0.15, 0.2) is 48.2 Å². The summed E-state index contributed by atoms with van der Waals surface area (Å²) in [7, 11) is 0. The van der Waals surface area contributed by atoms with Gasteiger partial charge in [-0.05, 0) is 30.7 Å². The Balaban J connectivity index is 1.73. The van der Waals surface area contributed by atoms with Crippen LogP contribution in [-0.2, 0) is 14.2 Å². The van der Waals surface area contributed by atoms with Crippen molar-refractivity contribution in [3.63, 3.8) is 0 Å². The molecule has 4 bridgehead atoms. The molecule has 3 heterocycles. The lowest BCUT2D eigenvalue weighted by atomic mass is 9.86. The van der Waals surface area contributed by atoms with E-state index >= 15 is 0 Å². The average Bonchev–Trinajstić information content (AvgIpc) is 2.94. The summed E-state index contributed by atoms with van der Waals surface area (Å²) in [6.07, 6.45) is 5.39. The lowest BCUT2D eigenvalue weighted by Crippen LogP contribution is -2.47. The van der Waals surface area contributed by atoms with Crippen molar-refractivity contribution >= 4 is 5.78 Å². The topological polar surface area (TPSA) is 80.0 Å². The highest BCUT2D eigenvalue weighted by Gasteiger charge is 2.49. The van der Waals surface area contributed by atoms with Crippen molar-refractivity contribution in [2.75, 3.05) is 13.6 Å². The molecule has 3 atom stereocenters. The molecule has 1 saturated heterocycles. The Labute approximate surface area is 133 Å². The molecule has 0 radical (unpaired) electrons. The van der Waals surface area contributed by atoms with Crippen LogP contribution in [0.4, 0.5) is 0 Å². The zero-order valence-electron chi connectivity index (χ0n) is 12.4. The van der Waals surface area contributed by atoms with Crippen LogP contribution >= 0.6 is 0 Å². The second kappa shape index (κ2) is 5.49. The average molecular weight is 315 g/mol. The van der Waals surface area contributed by atoms with Gasteiger partial charge in [-0.25, -0.2) is 0 Å². The first-order valence-electron chi connectivity index (χ1n) is 7.49. The largest absolute Gasteiger partial charge is 0.467 e. The molecule has 2 N–H and O–H groups in total. The van der Waals surface area contributed by atoms with E-state index in [4.69, 9.17) is 24.7 Å². The van der Waals surface area contributed by atoms with Crippen LogP contribution in [0, 0.1) is 5.92 Å². The van der Waals surface area contributed by atoms with Gasteiger partial charge in [0, 0.05) is 17.2 Å². The number of benzene rings is 1. The molecular weight excluding hydrogens is 298 g/mol. The highest BCUT2D eigenvalue weighted by molar-refractivity contribution is 6.04. The first-order chi connectivity index (χ1) is 11.2. The number of carbonyl (C=O) groups is 1. The van der Waals surface area contributed by atoms with Crippen molar-refractivity contribution in [2.45, 2.75) is 18.3 Å². The standard InChI is InChI=1S/C17H17NO5/c18-14-8-17-16(21-10-23-17)7-11(14)4-5-15(19)12-2-1-3-13(6-12)20-9-22-17/h1-6,8,11,16H,7,9-10,18H2. The summed E-state index contributed by atoms with van der Waals surface area (Å²) >= 11 is 0. The molecule has 1 spiro atoms. The van der Waals surface area contributed by atoms with E-state index in [0.717, 1.165) is 0 Å². The fourth-order valence-corrected chi connectivity index (χ4v) is 3.08. The van der Waals surface area contributed by atoms with Gasteiger partial charge in [0.25, 0.3) is 0 Å². The quantitative estimate of drug-likeness (QED) is 0.785. The first-order valence-corrected chi connectivity index (χ1v) is 7.49. The molecule has 4 aliphatic rings. The Bertz CT molecular complexity index is 698. The normalized spacial score (nSPS) is 33.0. The molecule has 1 aromatic rings. The van der Waals surface area contributed by atoms with Gasteiger partial charge in [0.1, 0.15) is 11.9 Å². The predicted molar refractivity (Wildman–Crippen MR) is 80.4 cm³/mol. The summed E-state index contributed by atoms with van der Waals surface area (Å²) in [6, 6.07) is 6.98. The third-order valence-electron chi connectivity index (χ3n) is 4.38. The molecule has 0 aromatic heterocycles. The van der Waals surface area contributed by atoms with Gasteiger partial charge in [-0.15, -0.1) is 0 Å². The summed E-state index contributed by atoms with van der Waals surface area (Å²) < 4.78 is 22.7. The molecule has 1 fully saturated rings. The van der Waals surface area contributed by atoms with E-state index in [0.29, 0.717) is 23.4 Å². The van der Waals surface area contributed by atoms with Crippen LogP contribution in [-0.4, -0.2) is 31.3 Å². The fourth-order valence-electron chi connectivity index (χ4n) is 3.08. The van der Waals surface area contributed by atoms with Crippen LogP contribution in [0.25, 0.3) is 0 Å². The van der Waals surface area contributed by atoms with Crippen LogP contribution in [0.2, 0.25) is 0 Å². The second-order valence-electron chi connectivity index (χ2n) is 5.78. The van der Waals surface area contributed by atoms with Gasteiger partial charge in [-0.1, -0.05) is 18.2 Å². The lowest BCUT2D eigenvalue weighted by molar-refractivity contribution is -0.216. The zero-order chi connectivity index (χ0) is 15.9. The number of nitrogens with two attached hydrogens (primary N) is 1. The van der Waals surface area contributed by atoms with Crippen molar-refractivity contribution in [1.29, 1.82) is 0 Å². The Kier molecular flexibility index (Phi) is 3.45. The van der Waals surface area contributed by atoms with Crippen LogP contribution in [0.5, 0.6) is 5.75 Å². The highest BCUT2D eigenvalue weighted by Crippen LogP contribution is 2.39. The van der Waals surface area contributed by atoms with E-state index < -0.39 is 5.79 Å². The number of fused-ring (bicyclic) bond motifs is 3. The maximum absolute atomic E-state index is 12.3. The van der Waals surface area contributed by atoms with Gasteiger partial charge in [-0.3, -0.25) is 4.79 Å². The second-order valence-corrected chi connectivity index (χ2v) is 5.78. The molecule has 120 valence electrons. The Morgan fingerprint density at radius 3 is 3.00 bits per heavy atom. The Morgan fingerprint density at radius 1 is 1.22 bits per heavy atom. The number of ether oxygens (including phenoxy) is 4. The number of carbonyl (C=O) groups excluding carboxylic acids is 1. The SMILES string of the molecule is NC1=CC23OCOc4cccc(c4)C(=O)C=CC1CC2OCO3. The van der Waals surface area contributed by atoms with Crippen molar-refractivity contribution in [3.05, 3.63) is 53.8 Å². The maximum Gasteiger partial charge on any atom is 0.222 e. The molecule has 3 unspecified atom stereocenters. The van der Waals surface area contributed by atoms with Gasteiger partial charge in [0.15, 0.2) is 19.4 Å². The van der Waals surface area contributed by atoms with E-state index in [2.05, 4.69) is 0 Å².